The molecule has 0 fully saturated rings. The van der Waals surface area contributed by atoms with Crippen LogP contribution in [-0.2, 0) is 20.9 Å². The highest BCUT2D eigenvalue weighted by Crippen LogP contribution is 2.55. The molecule has 0 saturated heterocycles. The molecule has 0 amide bonds. The molecule has 0 aromatic heterocycles. The van der Waals surface area contributed by atoms with Crippen molar-refractivity contribution in [1.29, 1.82) is 0 Å². The largest absolute Gasteiger partial charge is 0.491 e. The van der Waals surface area contributed by atoms with Gasteiger partial charge in [0.25, 0.3) is 0 Å². The zero-order chi connectivity index (χ0) is 26.6. The topological polar surface area (TPSA) is 63.2 Å². The summed E-state index contributed by atoms with van der Waals surface area (Å²) in [7, 11) is 1.45. The maximum absolute atomic E-state index is 13.5. The van der Waals surface area contributed by atoms with Gasteiger partial charge in [0, 0.05) is 17.4 Å². The van der Waals surface area contributed by atoms with Crippen molar-refractivity contribution in [1.82, 2.24) is 0 Å². The number of fused-ring (bicyclic) bond motifs is 2. The van der Waals surface area contributed by atoms with Gasteiger partial charge < -0.3 is 23.7 Å². The lowest BCUT2D eigenvalue weighted by Gasteiger charge is -2.25. The normalized spacial score (nSPS) is 18.9. The number of hydrogen-bond donors (Lipinski definition) is 0. The van der Waals surface area contributed by atoms with E-state index in [1.807, 2.05) is 84.9 Å². The lowest BCUT2D eigenvalue weighted by Crippen LogP contribution is -2.26. The SMILES string of the molecule is COC(=O)C1[C@H](c2ccccc2OCCOCc2ccccc2)c2ccccc2[C@@H]1c1ccc2c(c1)OCO2. The van der Waals surface area contributed by atoms with Crippen LogP contribution in [0, 0.1) is 5.92 Å². The van der Waals surface area contributed by atoms with Crippen molar-refractivity contribution in [3.8, 4) is 17.2 Å². The summed E-state index contributed by atoms with van der Waals surface area (Å²) in [5.74, 6) is 0.939. The first-order valence-corrected chi connectivity index (χ1v) is 13.1. The van der Waals surface area contributed by atoms with Crippen molar-refractivity contribution < 1.29 is 28.5 Å². The molecule has 6 nitrogen and oxygen atoms in total. The van der Waals surface area contributed by atoms with Gasteiger partial charge in [0.15, 0.2) is 11.5 Å². The van der Waals surface area contributed by atoms with Gasteiger partial charge in [-0.25, -0.2) is 0 Å². The second-order valence-corrected chi connectivity index (χ2v) is 9.67. The first-order valence-electron chi connectivity index (χ1n) is 13.1. The summed E-state index contributed by atoms with van der Waals surface area (Å²) in [5.41, 5.74) is 5.24. The van der Waals surface area contributed by atoms with Crippen LogP contribution < -0.4 is 14.2 Å². The van der Waals surface area contributed by atoms with E-state index in [-0.39, 0.29) is 24.6 Å². The Bertz CT molecular complexity index is 1450. The highest BCUT2D eigenvalue weighted by atomic mass is 16.7. The van der Waals surface area contributed by atoms with Gasteiger partial charge in [0.05, 0.1) is 26.2 Å². The average molecular weight is 523 g/mol. The molecule has 2 aliphatic rings. The molecular formula is C33H30O6. The summed E-state index contributed by atoms with van der Waals surface area (Å²) >= 11 is 0. The first-order chi connectivity index (χ1) is 19.2. The van der Waals surface area contributed by atoms with E-state index in [4.69, 9.17) is 23.7 Å². The van der Waals surface area contributed by atoms with Crippen LogP contribution in [0.15, 0.2) is 97.1 Å². The second-order valence-electron chi connectivity index (χ2n) is 9.67. The highest BCUT2D eigenvalue weighted by molar-refractivity contribution is 5.80. The molecule has 0 radical (unpaired) electrons. The standard InChI is InChI=1S/C33H30O6/c1-35-33(34)32-30(23-15-16-28-29(19-23)39-21-38-28)24-11-5-6-12-25(24)31(32)26-13-7-8-14-27(26)37-18-17-36-20-22-9-3-2-4-10-22/h2-16,19,30-32H,17-18,20-21H2,1H3/t30-,31-,32?/m0/s1. The Morgan fingerprint density at radius 2 is 1.46 bits per heavy atom. The Labute approximate surface area is 228 Å². The van der Waals surface area contributed by atoms with E-state index in [1.54, 1.807) is 0 Å². The lowest BCUT2D eigenvalue weighted by molar-refractivity contribution is -0.146. The molecule has 0 saturated carbocycles. The molecule has 6 heteroatoms. The molecule has 1 aliphatic carbocycles. The van der Waals surface area contributed by atoms with Gasteiger partial charge in [-0.2, -0.15) is 0 Å². The number of ether oxygens (including phenoxy) is 5. The quantitative estimate of drug-likeness (QED) is 0.196. The summed E-state index contributed by atoms with van der Waals surface area (Å²) in [6, 6.07) is 32.1. The zero-order valence-corrected chi connectivity index (χ0v) is 21.7. The third-order valence-corrected chi connectivity index (χ3v) is 7.46. The van der Waals surface area contributed by atoms with Crippen LogP contribution in [-0.4, -0.2) is 33.1 Å². The van der Waals surface area contributed by atoms with Crippen molar-refractivity contribution >= 4 is 5.97 Å². The number of hydrogen-bond acceptors (Lipinski definition) is 6. The summed E-state index contributed by atoms with van der Waals surface area (Å²) in [4.78, 5) is 13.5. The third kappa shape index (κ3) is 4.95. The zero-order valence-electron chi connectivity index (χ0n) is 21.7. The van der Waals surface area contributed by atoms with Gasteiger partial charge in [0.1, 0.15) is 12.4 Å². The molecule has 198 valence electrons. The van der Waals surface area contributed by atoms with Crippen LogP contribution in [0.4, 0.5) is 0 Å². The van der Waals surface area contributed by atoms with E-state index in [1.165, 1.54) is 7.11 Å². The number of para-hydroxylation sites is 1. The van der Waals surface area contributed by atoms with E-state index in [9.17, 15) is 4.79 Å². The minimum absolute atomic E-state index is 0.197. The number of rotatable bonds is 9. The minimum atomic E-state index is -0.480. The maximum Gasteiger partial charge on any atom is 0.310 e. The van der Waals surface area contributed by atoms with Crippen molar-refractivity contribution in [3.63, 3.8) is 0 Å². The van der Waals surface area contributed by atoms with E-state index in [0.29, 0.717) is 31.3 Å². The molecule has 39 heavy (non-hydrogen) atoms. The van der Waals surface area contributed by atoms with Crippen LogP contribution in [0.1, 0.15) is 39.7 Å². The number of methoxy groups -OCH3 is 1. The predicted molar refractivity (Wildman–Crippen MR) is 146 cm³/mol. The lowest BCUT2D eigenvalue weighted by atomic mass is 9.79. The molecule has 0 bridgehead atoms. The Balaban J connectivity index is 1.30. The molecule has 3 atom stereocenters. The number of benzene rings is 4. The van der Waals surface area contributed by atoms with Crippen molar-refractivity contribution in [2.75, 3.05) is 27.1 Å². The van der Waals surface area contributed by atoms with E-state index in [2.05, 4.69) is 12.1 Å². The first kappa shape index (κ1) is 25.0. The fourth-order valence-electron chi connectivity index (χ4n) is 5.76. The van der Waals surface area contributed by atoms with Gasteiger partial charge >= 0.3 is 5.97 Å². The molecule has 1 heterocycles. The van der Waals surface area contributed by atoms with Crippen LogP contribution in [0.5, 0.6) is 17.2 Å². The Morgan fingerprint density at radius 1 is 0.769 bits per heavy atom. The summed E-state index contributed by atoms with van der Waals surface area (Å²) in [5, 5.41) is 0. The number of esters is 1. The van der Waals surface area contributed by atoms with E-state index in [0.717, 1.165) is 33.6 Å². The fraction of sp³-hybridized carbons (Fsp3) is 0.242. The average Bonchev–Trinajstić information content (AvgIpc) is 3.59. The van der Waals surface area contributed by atoms with E-state index >= 15 is 0 Å². The maximum atomic E-state index is 13.5. The molecule has 0 spiro atoms. The Morgan fingerprint density at radius 3 is 2.26 bits per heavy atom. The Hall–Kier alpha value is -4.29. The number of carbonyl (C=O) groups excluding carboxylic acids is 1. The molecule has 6 rings (SSSR count). The molecule has 0 N–H and O–H groups in total. The highest BCUT2D eigenvalue weighted by Gasteiger charge is 2.48. The van der Waals surface area contributed by atoms with Gasteiger partial charge in [-0.05, 0) is 40.5 Å². The van der Waals surface area contributed by atoms with Gasteiger partial charge in [0.2, 0.25) is 6.79 Å². The van der Waals surface area contributed by atoms with Crippen LogP contribution in [0.25, 0.3) is 0 Å². The third-order valence-electron chi connectivity index (χ3n) is 7.46. The number of carbonyl (C=O) groups is 1. The molecule has 1 aliphatic heterocycles. The Kier molecular flexibility index (Phi) is 7.19. The van der Waals surface area contributed by atoms with Gasteiger partial charge in [-0.3, -0.25) is 4.79 Å². The minimum Gasteiger partial charge on any atom is -0.491 e. The fourth-order valence-corrected chi connectivity index (χ4v) is 5.76. The van der Waals surface area contributed by atoms with Gasteiger partial charge in [-0.15, -0.1) is 0 Å². The summed E-state index contributed by atoms with van der Waals surface area (Å²) in [6.07, 6.45) is 0. The van der Waals surface area contributed by atoms with Crippen LogP contribution in [0.2, 0.25) is 0 Å². The predicted octanol–water partition coefficient (Wildman–Crippen LogP) is 6.08. The smallest absolute Gasteiger partial charge is 0.310 e. The molecule has 4 aromatic carbocycles. The monoisotopic (exact) mass is 522 g/mol. The van der Waals surface area contributed by atoms with E-state index < -0.39 is 5.92 Å². The molecule has 4 aromatic rings. The van der Waals surface area contributed by atoms with Gasteiger partial charge in [-0.1, -0.05) is 78.9 Å². The summed E-state index contributed by atoms with van der Waals surface area (Å²) in [6.45, 7) is 1.57. The van der Waals surface area contributed by atoms with Crippen molar-refractivity contribution in [3.05, 3.63) is 125 Å². The second kappa shape index (κ2) is 11.2. The molecule has 1 unspecified atom stereocenters. The van der Waals surface area contributed by atoms with Crippen molar-refractivity contribution in [2.45, 2.75) is 18.4 Å². The molecular weight excluding hydrogens is 492 g/mol. The van der Waals surface area contributed by atoms with Crippen LogP contribution >= 0.6 is 0 Å². The van der Waals surface area contributed by atoms with Crippen LogP contribution in [0.3, 0.4) is 0 Å². The van der Waals surface area contributed by atoms with Crippen molar-refractivity contribution in [2.24, 2.45) is 5.92 Å². The summed E-state index contributed by atoms with van der Waals surface area (Å²) < 4.78 is 28.7.